The van der Waals surface area contributed by atoms with Crippen molar-refractivity contribution in [1.29, 1.82) is 0 Å². The first kappa shape index (κ1) is 16.5. The SMILES string of the molecule is CNC(CCN1CCCCCC1CO)c1ccc(C)cc1. The Labute approximate surface area is 129 Å². The second kappa shape index (κ2) is 8.52. The van der Waals surface area contributed by atoms with Crippen LogP contribution in [0.25, 0.3) is 0 Å². The quantitative estimate of drug-likeness (QED) is 0.845. The Kier molecular flexibility index (Phi) is 6.68. The number of benzene rings is 1. The van der Waals surface area contributed by atoms with Crippen LogP contribution in [0.3, 0.4) is 0 Å². The molecule has 1 aliphatic heterocycles. The van der Waals surface area contributed by atoms with E-state index in [4.69, 9.17) is 0 Å². The molecule has 3 heteroatoms. The first-order chi connectivity index (χ1) is 10.2. The van der Waals surface area contributed by atoms with Crippen molar-refractivity contribution in [3.8, 4) is 0 Å². The van der Waals surface area contributed by atoms with E-state index in [2.05, 4.69) is 41.4 Å². The molecule has 21 heavy (non-hydrogen) atoms. The third kappa shape index (κ3) is 4.80. The van der Waals surface area contributed by atoms with Gasteiger partial charge in [0.2, 0.25) is 0 Å². The van der Waals surface area contributed by atoms with Crippen molar-refractivity contribution in [1.82, 2.24) is 10.2 Å². The minimum absolute atomic E-state index is 0.300. The first-order valence-electron chi connectivity index (χ1n) is 8.33. The molecule has 3 nitrogen and oxygen atoms in total. The first-order valence-corrected chi connectivity index (χ1v) is 8.33. The predicted molar refractivity (Wildman–Crippen MR) is 88.5 cm³/mol. The fourth-order valence-corrected chi connectivity index (χ4v) is 3.31. The van der Waals surface area contributed by atoms with Gasteiger partial charge in [0.15, 0.2) is 0 Å². The lowest BCUT2D eigenvalue weighted by molar-refractivity contribution is 0.120. The summed E-state index contributed by atoms with van der Waals surface area (Å²) in [5, 5.41) is 13.0. The van der Waals surface area contributed by atoms with Crippen molar-refractivity contribution in [2.45, 2.75) is 51.1 Å². The third-order valence-corrected chi connectivity index (χ3v) is 4.74. The highest BCUT2D eigenvalue weighted by Gasteiger charge is 2.21. The molecule has 1 saturated heterocycles. The molecule has 0 spiro atoms. The van der Waals surface area contributed by atoms with Gasteiger partial charge >= 0.3 is 0 Å². The van der Waals surface area contributed by atoms with E-state index >= 15 is 0 Å². The van der Waals surface area contributed by atoms with Crippen LogP contribution in [0.4, 0.5) is 0 Å². The van der Waals surface area contributed by atoms with Crippen molar-refractivity contribution >= 4 is 0 Å². The topological polar surface area (TPSA) is 35.5 Å². The molecule has 1 fully saturated rings. The minimum Gasteiger partial charge on any atom is -0.395 e. The highest BCUT2D eigenvalue weighted by atomic mass is 16.3. The minimum atomic E-state index is 0.300. The Hall–Kier alpha value is -0.900. The second-order valence-electron chi connectivity index (χ2n) is 6.26. The average molecular weight is 290 g/mol. The van der Waals surface area contributed by atoms with Gasteiger partial charge in [-0.15, -0.1) is 0 Å². The zero-order valence-electron chi connectivity index (χ0n) is 13.5. The highest BCUT2D eigenvalue weighted by Crippen LogP contribution is 2.21. The summed E-state index contributed by atoms with van der Waals surface area (Å²) in [6.45, 7) is 4.62. The molecule has 0 bridgehead atoms. The molecule has 1 aliphatic rings. The number of aryl methyl sites for hydroxylation is 1. The molecule has 0 aromatic heterocycles. The van der Waals surface area contributed by atoms with Gasteiger partial charge in [0.05, 0.1) is 6.61 Å². The Morgan fingerprint density at radius 3 is 2.67 bits per heavy atom. The normalized spacial score (nSPS) is 22.0. The van der Waals surface area contributed by atoms with Crippen LogP contribution in [0, 0.1) is 6.92 Å². The lowest BCUT2D eigenvalue weighted by Gasteiger charge is -2.30. The van der Waals surface area contributed by atoms with Crippen molar-refractivity contribution in [3.05, 3.63) is 35.4 Å². The molecule has 0 radical (unpaired) electrons. The monoisotopic (exact) mass is 290 g/mol. The maximum Gasteiger partial charge on any atom is 0.0586 e. The van der Waals surface area contributed by atoms with Crippen LogP contribution < -0.4 is 5.32 Å². The maximum atomic E-state index is 9.60. The van der Waals surface area contributed by atoms with Gasteiger partial charge in [0, 0.05) is 18.6 Å². The Morgan fingerprint density at radius 2 is 2.00 bits per heavy atom. The summed E-state index contributed by atoms with van der Waals surface area (Å²) in [7, 11) is 2.04. The number of nitrogens with zero attached hydrogens (tertiary/aromatic N) is 1. The van der Waals surface area contributed by atoms with Crippen LogP contribution in [-0.4, -0.2) is 42.8 Å². The molecular weight excluding hydrogens is 260 g/mol. The van der Waals surface area contributed by atoms with E-state index in [1.165, 1.54) is 30.4 Å². The van der Waals surface area contributed by atoms with Gasteiger partial charge in [0.1, 0.15) is 0 Å². The summed E-state index contributed by atoms with van der Waals surface area (Å²) < 4.78 is 0. The van der Waals surface area contributed by atoms with Crippen LogP contribution in [0.5, 0.6) is 0 Å². The lowest BCUT2D eigenvalue weighted by Crippen LogP contribution is -2.39. The van der Waals surface area contributed by atoms with Gasteiger partial charge in [-0.25, -0.2) is 0 Å². The highest BCUT2D eigenvalue weighted by molar-refractivity contribution is 5.24. The van der Waals surface area contributed by atoms with E-state index in [0.717, 1.165) is 25.9 Å². The van der Waals surface area contributed by atoms with Gasteiger partial charge in [-0.05, 0) is 45.3 Å². The molecule has 0 aliphatic carbocycles. The number of aliphatic hydroxyl groups excluding tert-OH is 1. The van der Waals surface area contributed by atoms with E-state index in [1.54, 1.807) is 0 Å². The lowest BCUT2D eigenvalue weighted by atomic mass is 10.0. The summed E-state index contributed by atoms with van der Waals surface area (Å²) in [6, 6.07) is 9.58. The number of likely N-dealkylation sites (tertiary alicyclic amines) is 1. The number of aliphatic hydroxyl groups is 1. The molecule has 118 valence electrons. The molecule has 2 N–H and O–H groups in total. The van der Waals surface area contributed by atoms with Crippen molar-refractivity contribution in [3.63, 3.8) is 0 Å². The van der Waals surface area contributed by atoms with E-state index in [0.29, 0.717) is 18.7 Å². The van der Waals surface area contributed by atoms with E-state index < -0.39 is 0 Å². The van der Waals surface area contributed by atoms with E-state index in [-0.39, 0.29) is 0 Å². The number of hydrogen-bond acceptors (Lipinski definition) is 3. The standard InChI is InChI=1S/C18H30N2O/c1-15-7-9-16(10-8-15)18(19-2)11-13-20-12-5-3-4-6-17(20)14-21/h7-10,17-19,21H,3-6,11-14H2,1-2H3. The van der Waals surface area contributed by atoms with Crippen LogP contribution in [-0.2, 0) is 0 Å². The maximum absolute atomic E-state index is 9.60. The molecule has 2 atom stereocenters. The Morgan fingerprint density at radius 1 is 1.24 bits per heavy atom. The molecular formula is C18H30N2O. The van der Waals surface area contributed by atoms with E-state index in [9.17, 15) is 5.11 Å². The zero-order chi connectivity index (χ0) is 15.1. The van der Waals surface area contributed by atoms with Crippen LogP contribution >= 0.6 is 0 Å². The fourth-order valence-electron chi connectivity index (χ4n) is 3.31. The van der Waals surface area contributed by atoms with E-state index in [1.807, 2.05) is 7.05 Å². The van der Waals surface area contributed by atoms with Gasteiger partial charge in [-0.2, -0.15) is 0 Å². The van der Waals surface area contributed by atoms with Crippen LogP contribution in [0.1, 0.15) is 49.3 Å². The number of hydrogen-bond donors (Lipinski definition) is 2. The molecule has 0 amide bonds. The summed E-state index contributed by atoms with van der Waals surface area (Å²) in [5.41, 5.74) is 2.67. The molecule has 1 aromatic carbocycles. The Bertz CT molecular complexity index is 404. The summed E-state index contributed by atoms with van der Waals surface area (Å²) >= 11 is 0. The van der Waals surface area contributed by atoms with Gasteiger partial charge in [0.25, 0.3) is 0 Å². The number of nitrogens with one attached hydrogen (secondary N) is 1. The predicted octanol–water partition coefficient (Wildman–Crippen LogP) is 2.88. The van der Waals surface area contributed by atoms with Crippen molar-refractivity contribution in [2.24, 2.45) is 0 Å². The summed E-state index contributed by atoms with van der Waals surface area (Å²) in [6.07, 6.45) is 6.07. The van der Waals surface area contributed by atoms with Crippen molar-refractivity contribution in [2.75, 3.05) is 26.7 Å². The van der Waals surface area contributed by atoms with Crippen molar-refractivity contribution < 1.29 is 5.11 Å². The third-order valence-electron chi connectivity index (χ3n) is 4.74. The summed E-state index contributed by atoms with van der Waals surface area (Å²) in [4.78, 5) is 2.49. The van der Waals surface area contributed by atoms with Gasteiger partial charge < -0.3 is 10.4 Å². The average Bonchev–Trinajstić information content (AvgIpc) is 2.74. The van der Waals surface area contributed by atoms with Crippen LogP contribution in [0.2, 0.25) is 0 Å². The zero-order valence-corrected chi connectivity index (χ0v) is 13.5. The molecule has 2 rings (SSSR count). The molecule has 1 aromatic rings. The van der Waals surface area contributed by atoms with Gasteiger partial charge in [-0.1, -0.05) is 42.7 Å². The largest absolute Gasteiger partial charge is 0.395 e. The molecule has 0 saturated carbocycles. The molecule has 2 unspecified atom stereocenters. The number of rotatable bonds is 6. The van der Waals surface area contributed by atoms with Crippen LogP contribution in [0.15, 0.2) is 24.3 Å². The summed E-state index contributed by atoms with van der Waals surface area (Å²) in [5.74, 6) is 0. The molecule has 1 heterocycles. The van der Waals surface area contributed by atoms with Gasteiger partial charge in [-0.3, -0.25) is 4.90 Å². The Balaban J connectivity index is 1.93. The fraction of sp³-hybridized carbons (Fsp3) is 0.667. The second-order valence-corrected chi connectivity index (χ2v) is 6.26. The smallest absolute Gasteiger partial charge is 0.0586 e.